The molecule has 0 aliphatic rings. The molecule has 0 amide bonds. The van der Waals surface area contributed by atoms with E-state index in [2.05, 4.69) is 113 Å². The van der Waals surface area contributed by atoms with Crippen molar-refractivity contribution in [3.05, 3.63) is 52.7 Å². The van der Waals surface area contributed by atoms with Crippen LogP contribution in [0.2, 0.25) is 0 Å². The number of hydrogen-bond acceptors (Lipinski definition) is 1. The van der Waals surface area contributed by atoms with Crippen LogP contribution in [0.1, 0.15) is 22.3 Å². The Labute approximate surface area is 152 Å². The van der Waals surface area contributed by atoms with Crippen molar-refractivity contribution in [3.63, 3.8) is 0 Å². The molecule has 0 atom stereocenters. The van der Waals surface area contributed by atoms with Gasteiger partial charge in [-0.25, -0.2) is 4.57 Å². The molecule has 0 bridgehead atoms. The smallest absolute Gasteiger partial charge is 0.215 e. The van der Waals surface area contributed by atoms with Gasteiger partial charge in [0.25, 0.3) is 0 Å². The van der Waals surface area contributed by atoms with Gasteiger partial charge in [-0.3, -0.25) is 0 Å². The number of aryl methyl sites for hydroxylation is 5. The highest BCUT2D eigenvalue weighted by atomic mass is 128. The number of rotatable bonds is 1. The Kier molecular flexibility index (Phi) is 10.4. The fraction of sp³-hybridized carbons (Fsp3) is 0.353. The van der Waals surface area contributed by atoms with E-state index < -0.39 is 0 Å². The standard InChI is InChI=1S/C16H20N.CH5N.I2/c1-11-6-7-15(13(3)8-11)16-14(4)9-12(2)10-17(16)5;2*1-2/h6-10H,1-5H3;2H2,1H3;/q+1;;. The molecule has 2 aromatic rings. The lowest BCUT2D eigenvalue weighted by molar-refractivity contribution is -0.661. The van der Waals surface area contributed by atoms with Crippen LogP contribution >= 0.6 is 37.2 Å². The van der Waals surface area contributed by atoms with Gasteiger partial charge in [-0.2, -0.15) is 0 Å². The maximum absolute atomic E-state index is 4.50. The summed E-state index contributed by atoms with van der Waals surface area (Å²) in [6.45, 7) is 8.64. The van der Waals surface area contributed by atoms with Crippen molar-refractivity contribution >= 4 is 37.2 Å². The highest BCUT2D eigenvalue weighted by Gasteiger charge is 2.15. The van der Waals surface area contributed by atoms with Crippen LogP contribution in [0.4, 0.5) is 0 Å². The molecule has 1 aromatic heterocycles. The number of pyridine rings is 1. The third-order valence-corrected chi connectivity index (χ3v) is 3.20. The highest BCUT2D eigenvalue weighted by Crippen LogP contribution is 2.24. The highest BCUT2D eigenvalue weighted by molar-refractivity contribution is 15.0. The molecule has 2 N–H and O–H groups in total. The quantitative estimate of drug-likeness (QED) is 0.435. The molecule has 0 radical (unpaired) electrons. The maximum Gasteiger partial charge on any atom is 0.215 e. The lowest BCUT2D eigenvalue weighted by Gasteiger charge is -2.08. The van der Waals surface area contributed by atoms with Gasteiger partial charge in [-0.15, -0.1) is 0 Å². The van der Waals surface area contributed by atoms with Crippen molar-refractivity contribution in [3.8, 4) is 11.3 Å². The molecule has 2 rings (SSSR count). The van der Waals surface area contributed by atoms with Crippen molar-refractivity contribution in [1.82, 2.24) is 0 Å². The largest absolute Gasteiger partial charge is 0.333 e. The summed E-state index contributed by atoms with van der Waals surface area (Å²) in [5, 5.41) is 0. The zero-order chi connectivity index (χ0) is 16.6. The first-order chi connectivity index (χ1) is 9.99. The summed E-state index contributed by atoms with van der Waals surface area (Å²) in [6, 6.07) is 8.90. The minimum atomic E-state index is 1.30. The second kappa shape index (κ2) is 10.5. The van der Waals surface area contributed by atoms with E-state index in [1.54, 1.807) is 0 Å². The second-order valence-corrected chi connectivity index (χ2v) is 4.98. The van der Waals surface area contributed by atoms with Gasteiger partial charge in [-0.1, -0.05) is 17.7 Å². The first-order valence-electron chi connectivity index (χ1n) is 6.75. The van der Waals surface area contributed by atoms with Crippen LogP contribution in [0.3, 0.4) is 0 Å². The molecule has 21 heavy (non-hydrogen) atoms. The number of halogens is 2. The molecule has 0 aliphatic carbocycles. The molecule has 0 unspecified atom stereocenters. The van der Waals surface area contributed by atoms with Crippen molar-refractivity contribution in [2.75, 3.05) is 7.05 Å². The van der Waals surface area contributed by atoms with Gasteiger partial charge in [0.15, 0.2) is 6.20 Å². The molecule has 116 valence electrons. The summed E-state index contributed by atoms with van der Waals surface area (Å²) in [6.07, 6.45) is 2.18. The Morgan fingerprint density at radius 3 is 1.86 bits per heavy atom. The van der Waals surface area contributed by atoms with Crippen LogP contribution in [-0.4, -0.2) is 7.05 Å². The Balaban J connectivity index is 0.000000921. The van der Waals surface area contributed by atoms with Crippen molar-refractivity contribution in [2.24, 2.45) is 12.8 Å². The monoisotopic (exact) mass is 511 g/mol. The van der Waals surface area contributed by atoms with E-state index in [1.165, 1.54) is 40.6 Å². The Morgan fingerprint density at radius 2 is 1.38 bits per heavy atom. The van der Waals surface area contributed by atoms with E-state index in [-0.39, 0.29) is 0 Å². The lowest BCUT2D eigenvalue weighted by atomic mass is 9.99. The second-order valence-electron chi connectivity index (χ2n) is 4.98. The number of hydrogen-bond donors (Lipinski definition) is 1. The summed E-state index contributed by atoms with van der Waals surface area (Å²) in [4.78, 5) is 0. The molecule has 4 heteroatoms. The van der Waals surface area contributed by atoms with Crippen molar-refractivity contribution < 1.29 is 4.57 Å². The molecule has 1 heterocycles. The van der Waals surface area contributed by atoms with Gasteiger partial charge in [0.05, 0.1) is 0 Å². The molecule has 0 aliphatic heterocycles. The Hall–Kier alpha value is -0.210. The minimum absolute atomic E-state index is 1.30. The SMILES string of the molecule is CN.Cc1ccc(-c2c(C)cc(C)c[n+]2C)c(C)c1.II. The van der Waals surface area contributed by atoms with Crippen LogP contribution in [0, 0.1) is 27.7 Å². The van der Waals surface area contributed by atoms with Gasteiger partial charge < -0.3 is 5.73 Å². The maximum atomic E-state index is 4.50. The average Bonchev–Trinajstić information content (AvgIpc) is 2.44. The van der Waals surface area contributed by atoms with E-state index in [9.17, 15) is 0 Å². The first kappa shape index (κ1) is 20.8. The fourth-order valence-corrected chi connectivity index (χ4v) is 2.58. The van der Waals surface area contributed by atoms with E-state index in [0.717, 1.165) is 0 Å². The normalized spacial score (nSPS) is 9.19. The fourth-order valence-electron chi connectivity index (χ4n) is 2.58. The van der Waals surface area contributed by atoms with E-state index >= 15 is 0 Å². The van der Waals surface area contributed by atoms with Gasteiger partial charge in [-0.05, 0) is 52.4 Å². The molecule has 0 spiro atoms. The van der Waals surface area contributed by atoms with Crippen LogP contribution in [0.25, 0.3) is 11.3 Å². The average molecular weight is 511 g/mol. The van der Waals surface area contributed by atoms with Gasteiger partial charge in [0, 0.05) is 53.9 Å². The summed E-state index contributed by atoms with van der Waals surface area (Å²) in [7, 11) is 3.62. The molecular formula is C17H25I2N2+. The lowest BCUT2D eigenvalue weighted by Crippen LogP contribution is -2.32. The van der Waals surface area contributed by atoms with Crippen molar-refractivity contribution in [2.45, 2.75) is 27.7 Å². The number of aromatic nitrogens is 1. The summed E-state index contributed by atoms with van der Waals surface area (Å²) in [5.41, 5.74) is 12.4. The minimum Gasteiger partial charge on any atom is -0.333 e. The third kappa shape index (κ3) is 5.83. The molecule has 0 saturated carbocycles. The van der Waals surface area contributed by atoms with E-state index in [0.29, 0.717) is 0 Å². The predicted octanol–water partition coefficient (Wildman–Crippen LogP) is 4.76. The molecule has 0 fully saturated rings. The first-order valence-corrected chi connectivity index (χ1v) is 13.0. The molecule has 2 nitrogen and oxygen atoms in total. The van der Waals surface area contributed by atoms with E-state index in [4.69, 9.17) is 0 Å². The number of nitrogens with zero attached hydrogens (tertiary/aromatic N) is 1. The topological polar surface area (TPSA) is 29.9 Å². The molecule has 1 aromatic carbocycles. The van der Waals surface area contributed by atoms with Gasteiger partial charge in [0.2, 0.25) is 5.69 Å². The Bertz CT molecular complexity index is 558. The summed E-state index contributed by atoms with van der Waals surface area (Å²) >= 11 is 4.24. The van der Waals surface area contributed by atoms with Crippen LogP contribution in [0.5, 0.6) is 0 Å². The van der Waals surface area contributed by atoms with Crippen LogP contribution in [0.15, 0.2) is 30.5 Å². The zero-order valence-electron chi connectivity index (χ0n) is 13.7. The number of benzene rings is 1. The number of nitrogens with two attached hydrogens (primary N) is 1. The van der Waals surface area contributed by atoms with Gasteiger partial charge >= 0.3 is 0 Å². The predicted molar refractivity (Wildman–Crippen MR) is 110 cm³/mol. The van der Waals surface area contributed by atoms with E-state index in [1.807, 2.05) is 0 Å². The van der Waals surface area contributed by atoms with Gasteiger partial charge in [0.1, 0.15) is 7.05 Å². The molecular weight excluding hydrogens is 486 g/mol. The van der Waals surface area contributed by atoms with Crippen LogP contribution < -0.4 is 10.3 Å². The molecule has 0 saturated heterocycles. The zero-order valence-corrected chi connectivity index (χ0v) is 18.0. The van der Waals surface area contributed by atoms with Crippen LogP contribution in [-0.2, 0) is 7.05 Å². The summed E-state index contributed by atoms with van der Waals surface area (Å²) in [5.74, 6) is 0. The third-order valence-electron chi connectivity index (χ3n) is 3.20. The summed E-state index contributed by atoms with van der Waals surface area (Å²) < 4.78 is 2.22. The van der Waals surface area contributed by atoms with Crippen molar-refractivity contribution in [1.29, 1.82) is 0 Å². The Morgan fingerprint density at radius 1 is 0.857 bits per heavy atom.